The second-order valence-corrected chi connectivity index (χ2v) is 4.66. The zero-order valence-corrected chi connectivity index (χ0v) is 10.3. The number of nitrogens with one attached hydrogen (secondary N) is 1. The van der Waals surface area contributed by atoms with Crippen molar-refractivity contribution in [1.82, 2.24) is 15.5 Å². The highest BCUT2D eigenvalue weighted by atomic mass is 32.2. The number of nitrogens with zero attached hydrogens (tertiary/aromatic N) is 2. The molecule has 1 aromatic carbocycles. The van der Waals surface area contributed by atoms with Crippen LogP contribution in [-0.2, 0) is 6.42 Å². The Hall–Kier alpha value is -1.33. The molecule has 0 saturated heterocycles. The maximum atomic E-state index is 4.90. The van der Waals surface area contributed by atoms with E-state index in [0.29, 0.717) is 5.89 Å². The van der Waals surface area contributed by atoms with Crippen molar-refractivity contribution in [3.63, 3.8) is 0 Å². The maximum absolute atomic E-state index is 4.90. The van der Waals surface area contributed by atoms with Crippen LogP contribution in [0.1, 0.15) is 5.89 Å². The molecule has 1 heterocycles. The van der Waals surface area contributed by atoms with Crippen molar-refractivity contribution in [3.8, 4) is 0 Å². The van der Waals surface area contributed by atoms with Gasteiger partial charge in [-0.15, -0.1) is 11.8 Å². The summed E-state index contributed by atoms with van der Waals surface area (Å²) in [4.78, 5) is 5.27. The molecule has 0 aliphatic heterocycles. The van der Waals surface area contributed by atoms with Crippen LogP contribution in [0.25, 0.3) is 0 Å². The molecule has 0 aliphatic rings. The Morgan fingerprint density at radius 1 is 1.18 bits per heavy atom. The summed E-state index contributed by atoms with van der Waals surface area (Å²) in [6, 6.07) is 10.4. The Bertz CT molecular complexity index is 405. The largest absolute Gasteiger partial charge is 0.340 e. The second-order valence-electron chi connectivity index (χ2n) is 3.50. The lowest BCUT2D eigenvalue weighted by atomic mass is 10.4. The molecule has 0 atom stereocenters. The number of thioether (sulfide) groups is 1. The Morgan fingerprint density at radius 2 is 2.06 bits per heavy atom. The predicted molar refractivity (Wildman–Crippen MR) is 68.0 cm³/mol. The van der Waals surface area contributed by atoms with Crippen molar-refractivity contribution in [3.05, 3.63) is 42.5 Å². The van der Waals surface area contributed by atoms with Gasteiger partial charge in [0.1, 0.15) is 0 Å². The van der Waals surface area contributed by atoms with Gasteiger partial charge in [-0.3, -0.25) is 0 Å². The Morgan fingerprint density at radius 3 is 2.82 bits per heavy atom. The molecule has 0 amide bonds. The Kier molecular flexibility index (Phi) is 5.06. The van der Waals surface area contributed by atoms with Crippen molar-refractivity contribution < 1.29 is 4.52 Å². The van der Waals surface area contributed by atoms with E-state index in [2.05, 4.69) is 39.7 Å². The smallest absolute Gasteiger partial charge is 0.227 e. The van der Waals surface area contributed by atoms with Crippen molar-refractivity contribution in [2.75, 3.05) is 18.8 Å². The fraction of sp³-hybridized carbons (Fsp3) is 0.333. The zero-order valence-electron chi connectivity index (χ0n) is 9.50. The number of aromatic nitrogens is 2. The van der Waals surface area contributed by atoms with Gasteiger partial charge in [-0.25, -0.2) is 0 Å². The first-order valence-electron chi connectivity index (χ1n) is 5.59. The first-order chi connectivity index (χ1) is 8.45. The minimum Gasteiger partial charge on any atom is -0.340 e. The molecule has 0 bridgehead atoms. The number of rotatable bonds is 7. The lowest BCUT2D eigenvalue weighted by Crippen LogP contribution is -2.20. The van der Waals surface area contributed by atoms with E-state index in [-0.39, 0.29) is 0 Å². The first kappa shape index (κ1) is 12.1. The van der Waals surface area contributed by atoms with Crippen LogP contribution >= 0.6 is 11.8 Å². The molecular weight excluding hydrogens is 234 g/mol. The predicted octanol–water partition coefficient (Wildman–Crippen LogP) is 1.99. The average Bonchev–Trinajstić information content (AvgIpc) is 2.88. The molecule has 5 heteroatoms. The van der Waals surface area contributed by atoms with Crippen molar-refractivity contribution in [2.45, 2.75) is 11.3 Å². The van der Waals surface area contributed by atoms with Crippen LogP contribution in [0.5, 0.6) is 0 Å². The van der Waals surface area contributed by atoms with Gasteiger partial charge in [0.05, 0.1) is 0 Å². The Balaban J connectivity index is 1.52. The monoisotopic (exact) mass is 249 g/mol. The summed E-state index contributed by atoms with van der Waals surface area (Å²) in [6.45, 7) is 1.85. The van der Waals surface area contributed by atoms with Crippen LogP contribution in [0.15, 0.2) is 46.1 Å². The van der Waals surface area contributed by atoms with Crippen LogP contribution in [0.2, 0.25) is 0 Å². The average molecular weight is 249 g/mol. The van der Waals surface area contributed by atoms with Crippen LogP contribution in [0, 0.1) is 0 Å². The number of benzene rings is 1. The van der Waals surface area contributed by atoms with E-state index in [1.165, 1.54) is 11.2 Å². The molecule has 1 N–H and O–H groups in total. The van der Waals surface area contributed by atoms with Gasteiger partial charge in [0, 0.05) is 30.2 Å². The molecule has 0 fully saturated rings. The van der Waals surface area contributed by atoms with Gasteiger partial charge < -0.3 is 9.84 Å². The van der Waals surface area contributed by atoms with E-state index in [1.54, 1.807) is 0 Å². The minimum absolute atomic E-state index is 0.688. The summed E-state index contributed by atoms with van der Waals surface area (Å²) < 4.78 is 4.90. The van der Waals surface area contributed by atoms with Crippen LogP contribution in [0.3, 0.4) is 0 Å². The third-order valence-electron chi connectivity index (χ3n) is 2.21. The molecule has 2 rings (SSSR count). The summed E-state index contributed by atoms with van der Waals surface area (Å²) in [7, 11) is 0. The van der Waals surface area contributed by atoms with Crippen molar-refractivity contribution >= 4 is 11.8 Å². The fourth-order valence-corrected chi connectivity index (χ4v) is 2.22. The van der Waals surface area contributed by atoms with Crippen LogP contribution < -0.4 is 5.32 Å². The van der Waals surface area contributed by atoms with E-state index in [9.17, 15) is 0 Å². The van der Waals surface area contributed by atoms with Crippen molar-refractivity contribution in [2.24, 2.45) is 0 Å². The van der Waals surface area contributed by atoms with Gasteiger partial charge in [-0.05, 0) is 12.1 Å². The molecule has 1 aromatic heterocycles. The highest BCUT2D eigenvalue weighted by molar-refractivity contribution is 7.99. The molecule has 4 nitrogen and oxygen atoms in total. The number of hydrogen-bond acceptors (Lipinski definition) is 5. The summed E-state index contributed by atoms with van der Waals surface area (Å²) in [5.41, 5.74) is 0. The van der Waals surface area contributed by atoms with Gasteiger partial charge >= 0.3 is 0 Å². The van der Waals surface area contributed by atoms with Gasteiger partial charge in [0.25, 0.3) is 0 Å². The second kappa shape index (κ2) is 7.09. The maximum Gasteiger partial charge on any atom is 0.227 e. The Labute approximate surface area is 105 Å². The lowest BCUT2D eigenvalue weighted by Gasteiger charge is -2.03. The first-order valence-corrected chi connectivity index (χ1v) is 6.58. The van der Waals surface area contributed by atoms with Crippen LogP contribution in [0.4, 0.5) is 0 Å². The molecule has 0 radical (unpaired) electrons. The van der Waals surface area contributed by atoms with Gasteiger partial charge in [-0.1, -0.05) is 23.4 Å². The molecule has 90 valence electrons. The summed E-state index contributed by atoms with van der Waals surface area (Å²) in [5.74, 6) is 1.75. The molecule has 0 spiro atoms. The summed E-state index contributed by atoms with van der Waals surface area (Å²) in [6.07, 6.45) is 2.22. The molecule has 2 aromatic rings. The minimum atomic E-state index is 0.688. The van der Waals surface area contributed by atoms with Gasteiger partial charge in [0.2, 0.25) is 5.89 Å². The lowest BCUT2D eigenvalue weighted by molar-refractivity contribution is 0.375. The van der Waals surface area contributed by atoms with Crippen LogP contribution in [-0.4, -0.2) is 29.0 Å². The molecular formula is C12H15N3OS. The summed E-state index contributed by atoms with van der Waals surface area (Å²) in [5, 5.41) is 6.90. The van der Waals surface area contributed by atoms with Gasteiger partial charge in [0.15, 0.2) is 6.33 Å². The zero-order chi connectivity index (χ0) is 11.8. The standard InChI is InChI=1S/C12H15N3OS/c1-2-4-11(5-3-1)17-9-8-13-7-6-12-14-10-15-16-12/h1-5,10,13H,6-9H2. The summed E-state index contributed by atoms with van der Waals surface area (Å²) >= 11 is 1.85. The highest BCUT2D eigenvalue weighted by Gasteiger charge is 1.97. The fourth-order valence-electron chi connectivity index (χ4n) is 1.38. The molecule has 0 saturated carbocycles. The third-order valence-corrected chi connectivity index (χ3v) is 3.23. The van der Waals surface area contributed by atoms with E-state index in [1.807, 2.05) is 17.8 Å². The third kappa shape index (κ3) is 4.58. The van der Waals surface area contributed by atoms with E-state index >= 15 is 0 Å². The van der Waals surface area contributed by atoms with Gasteiger partial charge in [-0.2, -0.15) is 4.98 Å². The normalized spacial score (nSPS) is 10.6. The molecule has 0 unspecified atom stereocenters. The quantitative estimate of drug-likeness (QED) is 0.601. The van der Waals surface area contributed by atoms with Crippen molar-refractivity contribution in [1.29, 1.82) is 0 Å². The molecule has 0 aliphatic carbocycles. The van der Waals surface area contributed by atoms with E-state index in [4.69, 9.17) is 4.52 Å². The molecule has 17 heavy (non-hydrogen) atoms. The van der Waals surface area contributed by atoms with E-state index < -0.39 is 0 Å². The van der Waals surface area contributed by atoms with E-state index in [0.717, 1.165) is 25.3 Å². The highest BCUT2D eigenvalue weighted by Crippen LogP contribution is 2.15. The number of hydrogen-bond donors (Lipinski definition) is 1. The SMILES string of the molecule is c1ccc(SCCNCCc2ncno2)cc1. The topological polar surface area (TPSA) is 51.0 Å².